The maximum atomic E-state index is 5.15. The number of nitrogens with one attached hydrogen (secondary N) is 2. The third-order valence-corrected chi connectivity index (χ3v) is 2.27. The molecular weight excluding hydrogens is 180 g/mol. The average Bonchev–Trinajstić information content (AvgIpc) is 2.37. The molecule has 2 rings (SSSR count). The molecule has 1 aromatic heterocycles. The van der Waals surface area contributed by atoms with Crippen molar-refractivity contribution < 1.29 is 4.74 Å². The molecule has 0 saturated heterocycles. The van der Waals surface area contributed by atoms with E-state index >= 15 is 0 Å². The number of nitrogens with zero attached hydrogens (tertiary/aromatic N) is 2. The van der Waals surface area contributed by atoms with Gasteiger partial charge in [0.05, 0.1) is 7.11 Å². The minimum Gasteiger partial charge on any atom is -0.479 e. The van der Waals surface area contributed by atoms with Gasteiger partial charge < -0.3 is 15.4 Å². The lowest BCUT2D eigenvalue weighted by molar-refractivity contribution is 0.399. The number of fused-ring (bicyclic) bond motifs is 1. The van der Waals surface area contributed by atoms with Gasteiger partial charge in [0.25, 0.3) is 0 Å². The summed E-state index contributed by atoms with van der Waals surface area (Å²) in [5.74, 6) is 1.42. The van der Waals surface area contributed by atoms with Crippen LogP contribution in [-0.4, -0.2) is 29.7 Å². The van der Waals surface area contributed by atoms with Crippen LogP contribution in [0.5, 0.6) is 5.88 Å². The summed E-state index contributed by atoms with van der Waals surface area (Å²) in [6.07, 6.45) is 2.56. The third-order valence-electron chi connectivity index (χ3n) is 2.27. The molecule has 0 amide bonds. The number of hydrogen-bond acceptors (Lipinski definition) is 5. The number of ether oxygens (including phenoxy) is 1. The van der Waals surface area contributed by atoms with Crippen molar-refractivity contribution in [3.05, 3.63) is 6.33 Å². The monoisotopic (exact) mass is 194 g/mol. The highest BCUT2D eigenvalue weighted by Gasteiger charge is 2.16. The van der Waals surface area contributed by atoms with Crippen LogP contribution in [0.4, 0.5) is 11.5 Å². The Bertz CT molecular complexity index is 329. The van der Waals surface area contributed by atoms with E-state index in [9.17, 15) is 0 Å². The molecule has 1 unspecified atom stereocenters. The van der Waals surface area contributed by atoms with Crippen molar-refractivity contribution in [2.45, 2.75) is 19.4 Å². The van der Waals surface area contributed by atoms with Gasteiger partial charge in [0.15, 0.2) is 5.82 Å². The molecule has 0 aromatic carbocycles. The normalized spacial score (nSPS) is 20.0. The standard InChI is InChI=1S/C9H14N4O/c1-6-3-4-10-7-8(13-6)11-5-12-9(7)14-2/h5-6,10H,3-4H2,1-2H3,(H,11,12,13). The fraction of sp³-hybridized carbons (Fsp3) is 0.556. The molecule has 2 heterocycles. The third kappa shape index (κ3) is 1.57. The van der Waals surface area contributed by atoms with Crippen LogP contribution in [0.25, 0.3) is 0 Å². The first-order valence-corrected chi connectivity index (χ1v) is 4.70. The van der Waals surface area contributed by atoms with Crippen LogP contribution >= 0.6 is 0 Å². The van der Waals surface area contributed by atoms with E-state index in [4.69, 9.17) is 4.74 Å². The van der Waals surface area contributed by atoms with Gasteiger partial charge in [0, 0.05) is 12.6 Å². The predicted molar refractivity (Wildman–Crippen MR) is 54.8 cm³/mol. The lowest BCUT2D eigenvalue weighted by Crippen LogP contribution is -2.15. The summed E-state index contributed by atoms with van der Waals surface area (Å²) in [7, 11) is 1.61. The Labute approximate surface area is 82.9 Å². The first-order chi connectivity index (χ1) is 6.81. The van der Waals surface area contributed by atoms with E-state index in [2.05, 4.69) is 27.5 Å². The van der Waals surface area contributed by atoms with E-state index in [1.54, 1.807) is 7.11 Å². The molecule has 1 aliphatic rings. The molecule has 0 aliphatic carbocycles. The van der Waals surface area contributed by atoms with Gasteiger partial charge in [0.2, 0.25) is 5.88 Å². The molecule has 1 aliphatic heterocycles. The zero-order valence-corrected chi connectivity index (χ0v) is 8.37. The second-order valence-corrected chi connectivity index (χ2v) is 3.37. The van der Waals surface area contributed by atoms with E-state index in [0.717, 1.165) is 24.5 Å². The Morgan fingerprint density at radius 3 is 3.14 bits per heavy atom. The summed E-state index contributed by atoms with van der Waals surface area (Å²) in [6.45, 7) is 3.04. The molecule has 2 N–H and O–H groups in total. The molecule has 5 heteroatoms. The van der Waals surface area contributed by atoms with Crippen LogP contribution in [0.3, 0.4) is 0 Å². The molecule has 76 valence electrons. The van der Waals surface area contributed by atoms with Gasteiger partial charge in [0.1, 0.15) is 12.0 Å². The van der Waals surface area contributed by atoms with E-state index in [1.807, 2.05) is 0 Å². The Kier molecular flexibility index (Phi) is 2.39. The summed E-state index contributed by atoms with van der Waals surface area (Å²) in [6, 6.07) is 0.420. The topological polar surface area (TPSA) is 59.1 Å². The average molecular weight is 194 g/mol. The predicted octanol–water partition coefficient (Wildman–Crippen LogP) is 1.10. The lowest BCUT2D eigenvalue weighted by atomic mass is 10.2. The van der Waals surface area contributed by atoms with E-state index in [0.29, 0.717) is 11.9 Å². The maximum Gasteiger partial charge on any atom is 0.242 e. The van der Waals surface area contributed by atoms with Gasteiger partial charge in [-0.15, -0.1) is 0 Å². The van der Waals surface area contributed by atoms with Crippen LogP contribution in [0.1, 0.15) is 13.3 Å². The number of hydrogen-bond donors (Lipinski definition) is 2. The summed E-state index contributed by atoms with van der Waals surface area (Å²) in [5.41, 5.74) is 0.861. The van der Waals surface area contributed by atoms with Gasteiger partial charge in [-0.1, -0.05) is 0 Å². The highest BCUT2D eigenvalue weighted by atomic mass is 16.5. The van der Waals surface area contributed by atoms with Gasteiger partial charge in [-0.05, 0) is 13.3 Å². The zero-order valence-electron chi connectivity index (χ0n) is 8.37. The van der Waals surface area contributed by atoms with Crippen LogP contribution in [0.15, 0.2) is 6.33 Å². The minimum atomic E-state index is 0.420. The van der Waals surface area contributed by atoms with E-state index in [1.165, 1.54) is 6.33 Å². The Morgan fingerprint density at radius 2 is 2.36 bits per heavy atom. The molecule has 0 saturated carbocycles. The largest absolute Gasteiger partial charge is 0.479 e. The van der Waals surface area contributed by atoms with E-state index < -0.39 is 0 Å². The summed E-state index contributed by atoms with van der Waals surface area (Å²) in [4.78, 5) is 8.21. The molecule has 0 bridgehead atoms. The molecule has 1 aromatic rings. The Hall–Kier alpha value is -1.52. The number of aromatic nitrogens is 2. The second kappa shape index (κ2) is 3.69. The van der Waals surface area contributed by atoms with Crippen LogP contribution in [0, 0.1) is 0 Å². The first-order valence-electron chi connectivity index (χ1n) is 4.70. The Balaban J connectivity index is 2.38. The van der Waals surface area contributed by atoms with Crippen molar-refractivity contribution in [1.29, 1.82) is 0 Å². The highest BCUT2D eigenvalue weighted by Crippen LogP contribution is 2.30. The number of anilines is 2. The number of rotatable bonds is 1. The van der Waals surface area contributed by atoms with Crippen molar-refractivity contribution in [1.82, 2.24) is 9.97 Å². The highest BCUT2D eigenvalue weighted by molar-refractivity contribution is 5.70. The van der Waals surface area contributed by atoms with Crippen molar-refractivity contribution in [3.63, 3.8) is 0 Å². The minimum absolute atomic E-state index is 0.420. The summed E-state index contributed by atoms with van der Waals surface area (Å²) < 4.78 is 5.15. The lowest BCUT2D eigenvalue weighted by Gasteiger charge is -2.11. The SMILES string of the molecule is COc1ncnc2c1NCCC(C)N2. The van der Waals surface area contributed by atoms with Crippen LogP contribution < -0.4 is 15.4 Å². The van der Waals surface area contributed by atoms with Gasteiger partial charge in [-0.3, -0.25) is 0 Å². The quantitative estimate of drug-likeness (QED) is 0.701. The summed E-state index contributed by atoms with van der Waals surface area (Å²) in [5, 5.41) is 6.57. The Morgan fingerprint density at radius 1 is 1.50 bits per heavy atom. The smallest absolute Gasteiger partial charge is 0.242 e. The first kappa shape index (κ1) is 9.05. The fourth-order valence-corrected chi connectivity index (χ4v) is 1.51. The van der Waals surface area contributed by atoms with Crippen LogP contribution in [-0.2, 0) is 0 Å². The van der Waals surface area contributed by atoms with Crippen molar-refractivity contribution in [2.75, 3.05) is 24.3 Å². The molecule has 0 fully saturated rings. The maximum absolute atomic E-state index is 5.15. The second-order valence-electron chi connectivity index (χ2n) is 3.37. The molecular formula is C9H14N4O. The molecule has 0 radical (unpaired) electrons. The van der Waals surface area contributed by atoms with Gasteiger partial charge in [-0.25, -0.2) is 4.98 Å². The van der Waals surface area contributed by atoms with Gasteiger partial charge in [-0.2, -0.15) is 4.98 Å². The van der Waals surface area contributed by atoms with Gasteiger partial charge >= 0.3 is 0 Å². The molecule has 0 spiro atoms. The molecule has 14 heavy (non-hydrogen) atoms. The van der Waals surface area contributed by atoms with Crippen LogP contribution in [0.2, 0.25) is 0 Å². The molecule has 1 atom stereocenters. The molecule has 5 nitrogen and oxygen atoms in total. The van der Waals surface area contributed by atoms with Crippen molar-refractivity contribution >= 4 is 11.5 Å². The zero-order chi connectivity index (χ0) is 9.97. The fourth-order valence-electron chi connectivity index (χ4n) is 1.51. The number of methoxy groups -OCH3 is 1. The summed E-state index contributed by atoms with van der Waals surface area (Å²) >= 11 is 0. The van der Waals surface area contributed by atoms with Crippen molar-refractivity contribution in [3.8, 4) is 5.88 Å². The van der Waals surface area contributed by atoms with E-state index in [-0.39, 0.29) is 0 Å². The van der Waals surface area contributed by atoms with Crippen molar-refractivity contribution in [2.24, 2.45) is 0 Å².